The van der Waals surface area contributed by atoms with Crippen molar-refractivity contribution in [1.82, 2.24) is 4.98 Å². The molecule has 6 heteroatoms. The Kier molecular flexibility index (Phi) is 4.37. The van der Waals surface area contributed by atoms with Crippen LogP contribution in [0, 0.1) is 6.92 Å². The van der Waals surface area contributed by atoms with E-state index in [4.69, 9.17) is 0 Å². The van der Waals surface area contributed by atoms with E-state index in [-0.39, 0.29) is 11.5 Å². The Morgan fingerprint density at radius 1 is 1.09 bits per heavy atom. The molecule has 0 bridgehead atoms. The normalized spacial score (nSPS) is 10.7. The molecule has 1 amide bonds. The van der Waals surface area contributed by atoms with Crippen LogP contribution in [0.5, 0.6) is 0 Å². The number of aryl methyl sites for hydroxylation is 1. The van der Waals surface area contributed by atoms with Gasteiger partial charge in [0.1, 0.15) is 0 Å². The number of hydrogen-bond donors (Lipinski definition) is 2. The standard InChI is InChI=1S/C17H12Br2N2O2/c1-9-7-15(22)21-14-8-10(5-6-11(9)14)20-17(23)16-12(18)3-2-4-13(16)19/h2-8H,1H3,(H,20,23)(H,21,22). The SMILES string of the molecule is Cc1cc(=O)[nH]c2cc(NC(=O)c3c(Br)cccc3Br)ccc12. The second kappa shape index (κ2) is 6.29. The molecule has 0 spiro atoms. The number of aromatic amines is 1. The molecule has 0 aliphatic heterocycles. The first kappa shape index (κ1) is 16.0. The zero-order valence-electron chi connectivity index (χ0n) is 12.1. The largest absolute Gasteiger partial charge is 0.322 e. The lowest BCUT2D eigenvalue weighted by atomic mass is 10.1. The molecule has 2 aromatic carbocycles. The maximum absolute atomic E-state index is 12.5. The van der Waals surface area contributed by atoms with Gasteiger partial charge in [-0.2, -0.15) is 0 Å². The van der Waals surface area contributed by atoms with Crippen molar-refractivity contribution in [1.29, 1.82) is 0 Å². The number of pyridine rings is 1. The van der Waals surface area contributed by atoms with Gasteiger partial charge >= 0.3 is 0 Å². The minimum Gasteiger partial charge on any atom is -0.322 e. The highest BCUT2D eigenvalue weighted by Crippen LogP contribution is 2.26. The number of nitrogens with one attached hydrogen (secondary N) is 2. The topological polar surface area (TPSA) is 62.0 Å². The lowest BCUT2D eigenvalue weighted by Crippen LogP contribution is -2.13. The van der Waals surface area contributed by atoms with Crippen LogP contribution in [0.2, 0.25) is 0 Å². The van der Waals surface area contributed by atoms with E-state index in [0.29, 0.717) is 25.7 Å². The number of halogens is 2. The molecule has 3 aromatic rings. The maximum Gasteiger partial charge on any atom is 0.257 e. The van der Waals surface area contributed by atoms with E-state index < -0.39 is 0 Å². The van der Waals surface area contributed by atoms with Gasteiger partial charge in [0.2, 0.25) is 5.56 Å². The molecule has 3 rings (SSSR count). The van der Waals surface area contributed by atoms with Crippen LogP contribution in [0.3, 0.4) is 0 Å². The van der Waals surface area contributed by atoms with Gasteiger partial charge in [-0.3, -0.25) is 9.59 Å². The van der Waals surface area contributed by atoms with E-state index in [1.807, 2.05) is 25.1 Å². The van der Waals surface area contributed by atoms with Gasteiger partial charge in [0.15, 0.2) is 0 Å². The number of carbonyl (C=O) groups is 1. The molecule has 0 saturated heterocycles. The number of fused-ring (bicyclic) bond motifs is 1. The van der Waals surface area contributed by atoms with Gasteiger partial charge in [-0.05, 0) is 68.6 Å². The molecule has 0 aliphatic rings. The first-order chi connectivity index (χ1) is 11.0. The van der Waals surface area contributed by atoms with Gasteiger partial charge in [-0.15, -0.1) is 0 Å². The van der Waals surface area contributed by atoms with E-state index >= 15 is 0 Å². The summed E-state index contributed by atoms with van der Waals surface area (Å²) in [7, 11) is 0. The van der Waals surface area contributed by atoms with Crippen molar-refractivity contribution in [2.75, 3.05) is 5.32 Å². The Morgan fingerprint density at radius 3 is 2.48 bits per heavy atom. The molecule has 1 aromatic heterocycles. The average Bonchev–Trinajstić information content (AvgIpc) is 2.46. The fourth-order valence-electron chi connectivity index (χ4n) is 2.42. The van der Waals surface area contributed by atoms with E-state index in [1.165, 1.54) is 0 Å². The highest BCUT2D eigenvalue weighted by molar-refractivity contribution is 9.11. The van der Waals surface area contributed by atoms with Gasteiger partial charge in [-0.25, -0.2) is 0 Å². The van der Waals surface area contributed by atoms with Crippen LogP contribution in [0.4, 0.5) is 5.69 Å². The summed E-state index contributed by atoms with van der Waals surface area (Å²) in [6.45, 7) is 1.88. The minimum atomic E-state index is -0.237. The van der Waals surface area contributed by atoms with Crippen LogP contribution in [0.15, 0.2) is 56.2 Å². The number of rotatable bonds is 2. The highest BCUT2D eigenvalue weighted by Gasteiger charge is 2.14. The highest BCUT2D eigenvalue weighted by atomic mass is 79.9. The van der Waals surface area contributed by atoms with Crippen molar-refractivity contribution >= 4 is 54.4 Å². The van der Waals surface area contributed by atoms with Crippen molar-refractivity contribution < 1.29 is 4.79 Å². The van der Waals surface area contributed by atoms with Crippen molar-refractivity contribution in [2.24, 2.45) is 0 Å². The smallest absolute Gasteiger partial charge is 0.257 e. The number of benzene rings is 2. The lowest BCUT2D eigenvalue weighted by Gasteiger charge is -2.10. The quantitative estimate of drug-likeness (QED) is 0.617. The number of carbonyl (C=O) groups excluding carboxylic acids is 1. The van der Waals surface area contributed by atoms with Crippen LogP contribution in [-0.2, 0) is 0 Å². The van der Waals surface area contributed by atoms with E-state index in [0.717, 1.165) is 10.9 Å². The average molecular weight is 436 g/mol. The van der Waals surface area contributed by atoms with Crippen LogP contribution in [0.1, 0.15) is 15.9 Å². The Bertz CT molecular complexity index is 960. The molecule has 1 heterocycles. The molecule has 116 valence electrons. The monoisotopic (exact) mass is 434 g/mol. The van der Waals surface area contributed by atoms with Crippen LogP contribution < -0.4 is 10.9 Å². The van der Waals surface area contributed by atoms with E-state index in [1.54, 1.807) is 24.3 Å². The fraction of sp³-hybridized carbons (Fsp3) is 0.0588. The molecule has 0 unspecified atom stereocenters. The zero-order chi connectivity index (χ0) is 16.6. The summed E-state index contributed by atoms with van der Waals surface area (Å²) in [6, 6.07) is 12.5. The summed E-state index contributed by atoms with van der Waals surface area (Å²) in [6.07, 6.45) is 0. The first-order valence-electron chi connectivity index (χ1n) is 6.85. The van der Waals surface area contributed by atoms with Crippen LogP contribution in [0.25, 0.3) is 10.9 Å². The zero-order valence-corrected chi connectivity index (χ0v) is 15.3. The molecule has 23 heavy (non-hydrogen) atoms. The Hall–Kier alpha value is -1.92. The van der Waals surface area contributed by atoms with Gasteiger partial charge < -0.3 is 10.3 Å². The molecule has 2 N–H and O–H groups in total. The fourth-order valence-corrected chi connectivity index (χ4v) is 3.78. The molecule has 4 nitrogen and oxygen atoms in total. The van der Waals surface area contributed by atoms with Crippen molar-refractivity contribution in [3.8, 4) is 0 Å². The van der Waals surface area contributed by atoms with E-state index in [2.05, 4.69) is 42.2 Å². The van der Waals surface area contributed by atoms with Gasteiger partial charge in [-0.1, -0.05) is 12.1 Å². The minimum absolute atomic E-state index is 0.160. The number of anilines is 1. The predicted octanol–water partition coefficient (Wildman–Crippen LogP) is 4.61. The number of hydrogen-bond acceptors (Lipinski definition) is 2. The molecule has 0 saturated carbocycles. The number of H-pyrrole nitrogens is 1. The molecule has 0 radical (unpaired) electrons. The van der Waals surface area contributed by atoms with Crippen LogP contribution >= 0.6 is 31.9 Å². The van der Waals surface area contributed by atoms with Gasteiger partial charge in [0.05, 0.1) is 11.1 Å². The van der Waals surface area contributed by atoms with Crippen LogP contribution in [-0.4, -0.2) is 10.9 Å². The summed E-state index contributed by atoms with van der Waals surface area (Å²) in [5.41, 5.74) is 2.57. The molecular formula is C17H12Br2N2O2. The summed E-state index contributed by atoms with van der Waals surface area (Å²) >= 11 is 6.76. The second-order valence-corrected chi connectivity index (χ2v) is 6.84. The molecule has 0 aliphatic carbocycles. The first-order valence-corrected chi connectivity index (χ1v) is 8.43. The third kappa shape index (κ3) is 3.23. The molecule has 0 atom stereocenters. The van der Waals surface area contributed by atoms with Gasteiger partial charge in [0.25, 0.3) is 5.91 Å². The summed E-state index contributed by atoms with van der Waals surface area (Å²) in [5.74, 6) is -0.237. The van der Waals surface area contributed by atoms with Crippen molar-refractivity contribution in [2.45, 2.75) is 6.92 Å². The lowest BCUT2D eigenvalue weighted by molar-refractivity contribution is 0.102. The Morgan fingerprint density at radius 2 is 1.78 bits per heavy atom. The maximum atomic E-state index is 12.5. The summed E-state index contributed by atoms with van der Waals surface area (Å²) in [5, 5.41) is 3.80. The second-order valence-electron chi connectivity index (χ2n) is 5.13. The predicted molar refractivity (Wildman–Crippen MR) is 99.1 cm³/mol. The van der Waals surface area contributed by atoms with Crippen molar-refractivity contribution in [3.63, 3.8) is 0 Å². The summed E-state index contributed by atoms with van der Waals surface area (Å²) in [4.78, 5) is 26.9. The number of amides is 1. The Balaban J connectivity index is 1.98. The third-order valence-electron chi connectivity index (χ3n) is 3.50. The Labute approximate surface area is 149 Å². The molecule has 0 fully saturated rings. The third-order valence-corrected chi connectivity index (χ3v) is 4.82. The molecular weight excluding hydrogens is 424 g/mol. The van der Waals surface area contributed by atoms with E-state index in [9.17, 15) is 9.59 Å². The van der Waals surface area contributed by atoms with Crippen molar-refractivity contribution in [3.05, 3.63) is 72.9 Å². The summed E-state index contributed by atoms with van der Waals surface area (Å²) < 4.78 is 1.41. The van der Waals surface area contributed by atoms with Gasteiger partial charge in [0, 0.05) is 26.1 Å². The number of aromatic nitrogens is 1.